The van der Waals surface area contributed by atoms with Crippen LogP contribution in [0.5, 0.6) is 5.75 Å². The molecule has 1 saturated carbocycles. The Morgan fingerprint density at radius 3 is 2.52 bits per heavy atom. The maximum atomic E-state index is 14.1. The molecule has 1 unspecified atom stereocenters. The number of halogens is 1. The van der Waals surface area contributed by atoms with Crippen LogP contribution in [-0.2, 0) is 4.74 Å². The molecule has 0 bridgehead atoms. The molecular weight excluding hydrogens is 269 g/mol. The molecule has 3 nitrogen and oxygen atoms in total. The van der Waals surface area contributed by atoms with Crippen LogP contribution >= 0.6 is 0 Å². The van der Waals surface area contributed by atoms with Crippen molar-refractivity contribution < 1.29 is 13.9 Å². The smallest absolute Gasteiger partial charge is 0.165 e. The summed E-state index contributed by atoms with van der Waals surface area (Å²) < 4.78 is 25.0. The lowest BCUT2D eigenvalue weighted by Gasteiger charge is -2.37. The maximum absolute atomic E-state index is 14.1. The highest BCUT2D eigenvalue weighted by Crippen LogP contribution is 2.43. The third-order valence-electron chi connectivity index (χ3n) is 4.49. The molecule has 0 amide bonds. The molecule has 4 heteroatoms. The molecule has 1 aromatic rings. The Bertz CT molecular complexity index is 458. The maximum Gasteiger partial charge on any atom is 0.165 e. The first-order chi connectivity index (χ1) is 10.2. The number of rotatable bonds is 7. The summed E-state index contributed by atoms with van der Waals surface area (Å²) >= 11 is 0. The number of nitrogens with one attached hydrogen (secondary N) is 1. The second-order valence-corrected chi connectivity index (χ2v) is 5.76. The van der Waals surface area contributed by atoms with Crippen molar-refractivity contribution in [2.75, 3.05) is 20.8 Å². The van der Waals surface area contributed by atoms with Gasteiger partial charge in [-0.05, 0) is 43.5 Å². The van der Waals surface area contributed by atoms with Crippen LogP contribution in [0.4, 0.5) is 4.39 Å². The van der Waals surface area contributed by atoms with Gasteiger partial charge in [-0.2, -0.15) is 0 Å². The van der Waals surface area contributed by atoms with Crippen molar-refractivity contribution in [3.05, 3.63) is 29.6 Å². The summed E-state index contributed by atoms with van der Waals surface area (Å²) in [6.07, 6.45) is 5.39. The van der Waals surface area contributed by atoms with Crippen LogP contribution in [0.2, 0.25) is 0 Å². The van der Waals surface area contributed by atoms with Crippen LogP contribution in [0, 0.1) is 5.82 Å². The van der Waals surface area contributed by atoms with E-state index >= 15 is 0 Å². The Balaban J connectivity index is 2.33. The van der Waals surface area contributed by atoms with Crippen molar-refractivity contribution in [1.82, 2.24) is 5.32 Å². The first-order valence-electron chi connectivity index (χ1n) is 7.79. The third-order valence-corrected chi connectivity index (χ3v) is 4.49. The van der Waals surface area contributed by atoms with Gasteiger partial charge in [0, 0.05) is 7.11 Å². The van der Waals surface area contributed by atoms with Crippen molar-refractivity contribution in [1.29, 1.82) is 0 Å². The molecule has 0 heterocycles. The molecule has 0 radical (unpaired) electrons. The van der Waals surface area contributed by atoms with Gasteiger partial charge in [-0.3, -0.25) is 0 Å². The lowest BCUT2D eigenvalue weighted by atomic mass is 9.86. The molecule has 2 rings (SSSR count). The highest BCUT2D eigenvalue weighted by Gasteiger charge is 2.42. The van der Waals surface area contributed by atoms with E-state index in [-0.39, 0.29) is 23.2 Å². The van der Waals surface area contributed by atoms with Crippen LogP contribution in [-0.4, -0.2) is 26.4 Å². The van der Waals surface area contributed by atoms with Crippen LogP contribution in [0.15, 0.2) is 18.2 Å². The topological polar surface area (TPSA) is 30.5 Å². The van der Waals surface area contributed by atoms with Gasteiger partial charge in [-0.1, -0.05) is 25.8 Å². The summed E-state index contributed by atoms with van der Waals surface area (Å²) in [7, 11) is 3.25. The van der Waals surface area contributed by atoms with Gasteiger partial charge in [0.1, 0.15) is 0 Å². The normalized spacial score (nSPS) is 18.7. The number of hydrogen-bond acceptors (Lipinski definition) is 3. The van der Waals surface area contributed by atoms with Crippen molar-refractivity contribution in [3.63, 3.8) is 0 Å². The second kappa shape index (κ2) is 7.23. The lowest BCUT2D eigenvalue weighted by molar-refractivity contribution is -0.0368. The Kier molecular flexibility index (Phi) is 5.59. The standard InChI is InChI=1S/C17H26FNO2/c1-4-11-19-16(17(21-3)9-5-6-10-17)13-7-8-15(20-2)14(18)12-13/h7-8,12,16,19H,4-6,9-11H2,1-3H3. The molecule has 1 N–H and O–H groups in total. The zero-order chi connectivity index (χ0) is 15.3. The fraction of sp³-hybridized carbons (Fsp3) is 0.647. The van der Waals surface area contributed by atoms with Gasteiger partial charge in [-0.15, -0.1) is 0 Å². The predicted octanol–water partition coefficient (Wildman–Crippen LogP) is 3.83. The summed E-state index contributed by atoms with van der Waals surface area (Å²) in [6, 6.07) is 5.23. The molecule has 0 aliphatic heterocycles. The number of hydrogen-bond donors (Lipinski definition) is 1. The van der Waals surface area contributed by atoms with Gasteiger partial charge in [0.15, 0.2) is 11.6 Å². The van der Waals surface area contributed by atoms with E-state index in [9.17, 15) is 4.39 Å². The average molecular weight is 295 g/mol. The highest BCUT2D eigenvalue weighted by molar-refractivity contribution is 5.32. The molecule has 21 heavy (non-hydrogen) atoms. The van der Waals surface area contributed by atoms with Crippen molar-refractivity contribution >= 4 is 0 Å². The zero-order valence-electron chi connectivity index (χ0n) is 13.2. The number of ether oxygens (including phenoxy) is 2. The fourth-order valence-electron chi connectivity index (χ4n) is 3.34. The van der Waals surface area contributed by atoms with E-state index in [1.807, 2.05) is 6.07 Å². The van der Waals surface area contributed by atoms with Crippen molar-refractivity contribution in [2.24, 2.45) is 0 Å². The largest absolute Gasteiger partial charge is 0.494 e. The number of methoxy groups -OCH3 is 2. The molecule has 1 aliphatic carbocycles. The van der Waals surface area contributed by atoms with E-state index < -0.39 is 0 Å². The van der Waals surface area contributed by atoms with Crippen molar-refractivity contribution in [2.45, 2.75) is 50.7 Å². The van der Waals surface area contributed by atoms with E-state index in [4.69, 9.17) is 9.47 Å². The summed E-state index contributed by atoms with van der Waals surface area (Å²) in [6.45, 7) is 3.02. The lowest BCUT2D eigenvalue weighted by Crippen LogP contribution is -2.43. The second-order valence-electron chi connectivity index (χ2n) is 5.76. The molecule has 1 atom stereocenters. The Hall–Kier alpha value is -1.13. The summed E-state index contributed by atoms with van der Waals surface area (Å²) in [5.41, 5.74) is 0.710. The number of benzene rings is 1. The first kappa shape index (κ1) is 16.2. The van der Waals surface area contributed by atoms with Crippen LogP contribution < -0.4 is 10.1 Å². The average Bonchev–Trinajstić information content (AvgIpc) is 2.98. The van der Waals surface area contributed by atoms with E-state index in [0.717, 1.165) is 44.2 Å². The SMILES string of the molecule is CCCNC(c1ccc(OC)c(F)c1)C1(OC)CCCC1. The van der Waals surface area contributed by atoms with Gasteiger partial charge in [-0.25, -0.2) is 4.39 Å². The van der Waals surface area contributed by atoms with Gasteiger partial charge in [0.2, 0.25) is 0 Å². The minimum atomic E-state index is -0.317. The van der Waals surface area contributed by atoms with Gasteiger partial charge in [0.05, 0.1) is 18.8 Å². The quantitative estimate of drug-likeness (QED) is 0.829. The third kappa shape index (κ3) is 3.38. The van der Waals surface area contributed by atoms with Crippen LogP contribution in [0.1, 0.15) is 50.6 Å². The first-order valence-corrected chi connectivity index (χ1v) is 7.79. The minimum Gasteiger partial charge on any atom is -0.494 e. The molecule has 0 spiro atoms. The predicted molar refractivity (Wildman–Crippen MR) is 82.2 cm³/mol. The van der Waals surface area contributed by atoms with Gasteiger partial charge < -0.3 is 14.8 Å². The van der Waals surface area contributed by atoms with E-state index in [1.165, 1.54) is 7.11 Å². The summed E-state index contributed by atoms with van der Waals surface area (Å²) in [5, 5.41) is 3.55. The molecule has 0 saturated heterocycles. The fourth-order valence-corrected chi connectivity index (χ4v) is 3.34. The van der Waals surface area contributed by atoms with Crippen LogP contribution in [0.25, 0.3) is 0 Å². The van der Waals surface area contributed by atoms with E-state index in [0.29, 0.717) is 0 Å². The van der Waals surface area contributed by atoms with Crippen LogP contribution in [0.3, 0.4) is 0 Å². The van der Waals surface area contributed by atoms with Gasteiger partial charge >= 0.3 is 0 Å². The summed E-state index contributed by atoms with van der Waals surface area (Å²) in [5.74, 6) is -0.0339. The molecule has 1 aliphatic rings. The van der Waals surface area contributed by atoms with Gasteiger partial charge in [0.25, 0.3) is 0 Å². The Morgan fingerprint density at radius 1 is 1.29 bits per heavy atom. The molecule has 1 aromatic carbocycles. The molecular formula is C17H26FNO2. The molecule has 0 aromatic heterocycles. The zero-order valence-corrected chi connectivity index (χ0v) is 13.2. The monoisotopic (exact) mass is 295 g/mol. The summed E-state index contributed by atoms with van der Waals surface area (Å²) in [4.78, 5) is 0. The molecule has 118 valence electrons. The Labute approximate surface area is 126 Å². The van der Waals surface area contributed by atoms with E-state index in [2.05, 4.69) is 12.2 Å². The molecule has 1 fully saturated rings. The minimum absolute atomic E-state index is 0.0188. The highest BCUT2D eigenvalue weighted by atomic mass is 19.1. The Morgan fingerprint density at radius 2 is 2.00 bits per heavy atom. The van der Waals surface area contributed by atoms with E-state index in [1.54, 1.807) is 19.2 Å². The van der Waals surface area contributed by atoms with Crippen molar-refractivity contribution in [3.8, 4) is 5.75 Å².